The highest BCUT2D eigenvalue weighted by molar-refractivity contribution is 5.76. The average Bonchev–Trinajstić information content (AvgIpc) is 3.28. The van der Waals surface area contributed by atoms with Crippen molar-refractivity contribution in [3.05, 3.63) is 87.3 Å². The third-order valence-corrected chi connectivity index (χ3v) is 8.37. The van der Waals surface area contributed by atoms with E-state index in [-0.39, 0.29) is 29.0 Å². The summed E-state index contributed by atoms with van der Waals surface area (Å²) in [6.07, 6.45) is 2.17. The Hall–Kier alpha value is -3.16. The second kappa shape index (κ2) is 9.71. The highest BCUT2D eigenvalue weighted by Gasteiger charge is 2.53. The van der Waals surface area contributed by atoms with E-state index in [0.717, 1.165) is 42.9 Å². The molecule has 2 heterocycles. The maximum atomic E-state index is 13.4. The lowest BCUT2D eigenvalue weighted by atomic mass is 9.72. The molecule has 1 aromatic heterocycles. The Morgan fingerprint density at radius 2 is 1.75 bits per heavy atom. The lowest BCUT2D eigenvalue weighted by molar-refractivity contribution is -0.123. The first-order valence-corrected chi connectivity index (χ1v) is 12.9. The van der Waals surface area contributed by atoms with Crippen LogP contribution in [0.15, 0.2) is 59.4 Å². The second-order valence-electron chi connectivity index (χ2n) is 10.1. The number of fused-ring (bicyclic) bond motifs is 2. The topological polar surface area (TPSA) is 68.5 Å². The van der Waals surface area contributed by atoms with Gasteiger partial charge in [-0.15, -0.1) is 0 Å². The van der Waals surface area contributed by atoms with Crippen molar-refractivity contribution < 1.29 is 9.53 Å². The fourth-order valence-corrected chi connectivity index (χ4v) is 6.34. The summed E-state index contributed by atoms with van der Waals surface area (Å²) in [4.78, 5) is 28.2. The van der Waals surface area contributed by atoms with Crippen molar-refractivity contribution in [1.82, 2.24) is 19.6 Å². The highest BCUT2D eigenvalue weighted by Crippen LogP contribution is 2.52. The third kappa shape index (κ3) is 3.91. The van der Waals surface area contributed by atoms with Crippen molar-refractivity contribution in [2.45, 2.75) is 57.2 Å². The maximum absolute atomic E-state index is 13.4. The van der Waals surface area contributed by atoms with Crippen LogP contribution < -0.4 is 10.9 Å². The van der Waals surface area contributed by atoms with Crippen molar-refractivity contribution in [2.24, 2.45) is 7.05 Å². The summed E-state index contributed by atoms with van der Waals surface area (Å²) in [5, 5.41) is 3.22. The molecule has 1 aliphatic heterocycles. The average molecular weight is 489 g/mol. The summed E-state index contributed by atoms with van der Waals surface area (Å²) in [5.74, 6) is 0.0422. The molecule has 190 valence electrons. The summed E-state index contributed by atoms with van der Waals surface area (Å²) < 4.78 is 9.82. The van der Waals surface area contributed by atoms with Crippen LogP contribution in [0, 0.1) is 6.92 Å². The molecule has 1 saturated heterocycles. The second-order valence-corrected chi connectivity index (χ2v) is 10.1. The van der Waals surface area contributed by atoms with Gasteiger partial charge in [-0.3, -0.25) is 19.2 Å². The van der Waals surface area contributed by atoms with E-state index >= 15 is 0 Å². The van der Waals surface area contributed by atoms with E-state index in [1.165, 1.54) is 11.1 Å². The molecular weight excluding hydrogens is 452 g/mol. The SMILES string of the molecule is CCC(=O)N[C@@H]1c2ccccc2C2(CCN(Cc3c(C)n(C)n(-c4ccccc4)c3=O)CC2)[C@H]1OC. The first-order chi connectivity index (χ1) is 17.4. The number of para-hydroxylation sites is 1. The number of rotatable bonds is 6. The molecule has 1 N–H and O–H groups in total. The molecule has 1 spiro atoms. The van der Waals surface area contributed by atoms with Gasteiger partial charge < -0.3 is 10.1 Å². The summed E-state index contributed by atoms with van der Waals surface area (Å²) in [6, 6.07) is 18.1. The number of ether oxygens (including phenoxy) is 1. The summed E-state index contributed by atoms with van der Waals surface area (Å²) in [7, 11) is 3.71. The standard InChI is InChI=1S/C29H36N4O3/c1-5-25(34)30-26-22-13-9-10-14-24(22)29(27(26)36-4)15-17-32(18-16-29)19-23-20(2)31(3)33(28(23)35)21-11-7-6-8-12-21/h6-14,26-27H,5,15-19H2,1-4H3,(H,30,34)/t26-,27+/m1/s1. The van der Waals surface area contributed by atoms with E-state index < -0.39 is 0 Å². The Labute approximate surface area is 212 Å². The molecule has 0 saturated carbocycles. The molecule has 2 aliphatic rings. The molecule has 2 aromatic carbocycles. The van der Waals surface area contributed by atoms with E-state index in [9.17, 15) is 9.59 Å². The number of carbonyl (C=O) groups excluding carboxylic acids is 1. The van der Waals surface area contributed by atoms with Crippen LogP contribution in [0.3, 0.4) is 0 Å². The molecule has 2 atom stereocenters. The zero-order valence-corrected chi connectivity index (χ0v) is 21.7. The molecule has 5 rings (SSSR count). The predicted molar refractivity (Wildman–Crippen MR) is 140 cm³/mol. The molecule has 7 nitrogen and oxygen atoms in total. The van der Waals surface area contributed by atoms with Gasteiger partial charge in [0, 0.05) is 38.2 Å². The van der Waals surface area contributed by atoms with Crippen molar-refractivity contribution >= 4 is 5.91 Å². The largest absolute Gasteiger partial charge is 0.378 e. The zero-order valence-electron chi connectivity index (χ0n) is 21.7. The molecule has 3 aromatic rings. The predicted octanol–water partition coefficient (Wildman–Crippen LogP) is 3.61. The Bertz CT molecular complexity index is 1300. The van der Waals surface area contributed by atoms with Crippen molar-refractivity contribution in [3.8, 4) is 5.69 Å². The molecule has 0 radical (unpaired) electrons. The number of nitrogens with one attached hydrogen (secondary N) is 1. The number of piperidine rings is 1. The van der Waals surface area contributed by atoms with E-state index in [2.05, 4.69) is 28.4 Å². The first-order valence-electron chi connectivity index (χ1n) is 12.9. The Balaban J connectivity index is 1.39. The van der Waals surface area contributed by atoms with Gasteiger partial charge in [0.25, 0.3) is 5.56 Å². The van der Waals surface area contributed by atoms with Crippen LogP contribution in [-0.2, 0) is 28.5 Å². The van der Waals surface area contributed by atoms with Gasteiger partial charge in [0.1, 0.15) is 0 Å². The lowest BCUT2D eigenvalue weighted by Gasteiger charge is -2.44. The minimum Gasteiger partial charge on any atom is -0.378 e. The van der Waals surface area contributed by atoms with Gasteiger partial charge in [0.2, 0.25) is 5.91 Å². The first kappa shape index (κ1) is 24.5. The Kier molecular flexibility index (Phi) is 6.62. The van der Waals surface area contributed by atoms with Gasteiger partial charge in [0.15, 0.2) is 0 Å². The number of benzene rings is 2. The monoisotopic (exact) mass is 488 g/mol. The van der Waals surface area contributed by atoms with Gasteiger partial charge in [-0.25, -0.2) is 4.68 Å². The summed E-state index contributed by atoms with van der Waals surface area (Å²) in [6.45, 7) is 6.26. The van der Waals surface area contributed by atoms with Crippen LogP contribution in [0.1, 0.15) is 54.6 Å². The fraction of sp³-hybridized carbons (Fsp3) is 0.448. The Morgan fingerprint density at radius 3 is 2.42 bits per heavy atom. The third-order valence-electron chi connectivity index (χ3n) is 8.37. The van der Waals surface area contributed by atoms with Crippen LogP contribution in [0.25, 0.3) is 5.69 Å². The molecule has 1 aliphatic carbocycles. The van der Waals surface area contributed by atoms with Crippen LogP contribution in [0.2, 0.25) is 0 Å². The number of hydrogen-bond donors (Lipinski definition) is 1. The number of likely N-dealkylation sites (tertiary alicyclic amines) is 1. The minimum absolute atomic E-state index is 0.0422. The summed E-state index contributed by atoms with van der Waals surface area (Å²) in [5.41, 5.74) is 5.08. The molecule has 0 bridgehead atoms. The molecule has 1 amide bonds. The van der Waals surface area contributed by atoms with Gasteiger partial charge in [-0.05, 0) is 56.1 Å². The number of carbonyl (C=O) groups is 1. The highest BCUT2D eigenvalue weighted by atomic mass is 16.5. The van der Waals surface area contributed by atoms with E-state index in [1.807, 2.05) is 62.0 Å². The maximum Gasteiger partial charge on any atom is 0.276 e. The van der Waals surface area contributed by atoms with E-state index in [0.29, 0.717) is 13.0 Å². The number of methoxy groups -OCH3 is 1. The van der Waals surface area contributed by atoms with Crippen LogP contribution >= 0.6 is 0 Å². The smallest absolute Gasteiger partial charge is 0.276 e. The van der Waals surface area contributed by atoms with Crippen molar-refractivity contribution in [2.75, 3.05) is 20.2 Å². The molecular formula is C29H36N4O3. The normalized spacial score (nSPS) is 21.0. The summed E-state index contributed by atoms with van der Waals surface area (Å²) >= 11 is 0. The molecule has 36 heavy (non-hydrogen) atoms. The quantitative estimate of drug-likeness (QED) is 0.576. The molecule has 0 unspecified atom stereocenters. The van der Waals surface area contributed by atoms with Crippen molar-refractivity contribution in [3.63, 3.8) is 0 Å². The van der Waals surface area contributed by atoms with Crippen LogP contribution in [0.4, 0.5) is 0 Å². The van der Waals surface area contributed by atoms with Crippen LogP contribution in [0.5, 0.6) is 0 Å². The Morgan fingerprint density at radius 1 is 1.08 bits per heavy atom. The number of aromatic nitrogens is 2. The lowest BCUT2D eigenvalue weighted by Crippen LogP contribution is -2.50. The van der Waals surface area contributed by atoms with Gasteiger partial charge >= 0.3 is 0 Å². The number of nitrogens with zero attached hydrogens (tertiary/aromatic N) is 3. The zero-order chi connectivity index (χ0) is 25.4. The number of hydrogen-bond acceptors (Lipinski definition) is 4. The minimum atomic E-state index is -0.149. The number of amides is 1. The van der Waals surface area contributed by atoms with Gasteiger partial charge in [0.05, 0.1) is 23.4 Å². The van der Waals surface area contributed by atoms with E-state index in [1.54, 1.807) is 11.8 Å². The van der Waals surface area contributed by atoms with Crippen LogP contribution in [-0.4, -0.2) is 46.5 Å². The van der Waals surface area contributed by atoms with Crippen molar-refractivity contribution in [1.29, 1.82) is 0 Å². The molecule has 7 heteroatoms. The van der Waals surface area contributed by atoms with Gasteiger partial charge in [-0.1, -0.05) is 49.4 Å². The molecule has 1 fully saturated rings. The fourth-order valence-electron chi connectivity index (χ4n) is 6.34. The van der Waals surface area contributed by atoms with Gasteiger partial charge in [-0.2, -0.15) is 0 Å². The van der Waals surface area contributed by atoms with E-state index in [4.69, 9.17) is 4.74 Å².